The number of hydrogen-bond acceptors (Lipinski definition) is 6. The number of amides is 1. The van der Waals surface area contributed by atoms with E-state index in [1.165, 1.54) is 23.1 Å². The molecule has 0 saturated heterocycles. The predicted octanol–water partition coefficient (Wildman–Crippen LogP) is 1.67. The molecule has 1 amide bonds. The second-order valence-corrected chi connectivity index (χ2v) is 11.5. The first-order valence-corrected chi connectivity index (χ1v) is 13.0. The van der Waals surface area contributed by atoms with E-state index in [-0.39, 0.29) is 64.1 Å². The van der Waals surface area contributed by atoms with Gasteiger partial charge in [0.1, 0.15) is 0 Å². The first kappa shape index (κ1) is 24.3. The average molecular weight is 480 g/mol. The summed E-state index contributed by atoms with van der Waals surface area (Å²) in [7, 11) is -6.93. The molecule has 7 nitrogen and oxygen atoms in total. The standard InChI is InChI=1S/C15H21Cl3N2O5S2/c16-3-7-26(22,23)9-5-20(6-10-27(24,25)8-4-17)15(21)12-1-2-13(18)14(19)11-12/h1-2,11H,3-10,19H2. The van der Waals surface area contributed by atoms with E-state index in [0.29, 0.717) is 0 Å². The van der Waals surface area contributed by atoms with E-state index in [0.717, 1.165) is 0 Å². The first-order valence-electron chi connectivity index (χ1n) is 7.88. The summed E-state index contributed by atoms with van der Waals surface area (Å²) in [5.41, 5.74) is 6.07. The molecule has 0 heterocycles. The van der Waals surface area contributed by atoms with Gasteiger partial charge in [-0.3, -0.25) is 4.79 Å². The lowest BCUT2D eigenvalue weighted by molar-refractivity contribution is 0.0775. The second kappa shape index (κ2) is 10.7. The number of benzene rings is 1. The maximum Gasteiger partial charge on any atom is 0.253 e. The largest absolute Gasteiger partial charge is 0.398 e. The van der Waals surface area contributed by atoms with Crippen molar-refractivity contribution < 1.29 is 21.6 Å². The Morgan fingerprint density at radius 1 is 0.926 bits per heavy atom. The lowest BCUT2D eigenvalue weighted by Crippen LogP contribution is -2.39. The summed E-state index contributed by atoms with van der Waals surface area (Å²) in [6.45, 7) is -0.339. The van der Waals surface area contributed by atoms with Gasteiger partial charge in [0.05, 0.1) is 33.7 Å². The Morgan fingerprint density at radius 3 is 1.81 bits per heavy atom. The van der Waals surface area contributed by atoms with Gasteiger partial charge in [-0.15, -0.1) is 23.2 Å². The molecule has 1 aromatic carbocycles. The Morgan fingerprint density at radius 2 is 1.41 bits per heavy atom. The SMILES string of the molecule is Nc1cc(C(=O)N(CCS(=O)(=O)CCCl)CCS(=O)(=O)CCCl)ccc1Cl. The van der Waals surface area contributed by atoms with Gasteiger partial charge in [0, 0.05) is 30.4 Å². The lowest BCUT2D eigenvalue weighted by Gasteiger charge is -2.23. The quantitative estimate of drug-likeness (QED) is 0.381. The third-order valence-electron chi connectivity index (χ3n) is 3.65. The summed E-state index contributed by atoms with van der Waals surface area (Å²) in [6.07, 6.45) is 0. The zero-order valence-electron chi connectivity index (χ0n) is 14.4. The van der Waals surface area contributed by atoms with Crippen LogP contribution in [0.3, 0.4) is 0 Å². The Kier molecular flexibility index (Phi) is 9.64. The molecular weight excluding hydrogens is 459 g/mol. The summed E-state index contributed by atoms with van der Waals surface area (Å²) >= 11 is 16.8. The van der Waals surface area contributed by atoms with Gasteiger partial charge in [-0.25, -0.2) is 16.8 Å². The van der Waals surface area contributed by atoms with Crippen molar-refractivity contribution in [2.24, 2.45) is 0 Å². The van der Waals surface area contributed by atoms with Crippen molar-refractivity contribution in [1.82, 2.24) is 4.90 Å². The highest BCUT2D eigenvalue weighted by molar-refractivity contribution is 7.91. The molecule has 0 atom stereocenters. The minimum absolute atomic E-state index is 0.0614. The van der Waals surface area contributed by atoms with Crippen LogP contribution < -0.4 is 5.73 Å². The van der Waals surface area contributed by atoms with Gasteiger partial charge in [-0.05, 0) is 18.2 Å². The Balaban J connectivity index is 3.01. The summed E-state index contributed by atoms with van der Waals surface area (Å²) in [5.74, 6) is -1.78. The van der Waals surface area contributed by atoms with Crippen LogP contribution in [0.2, 0.25) is 5.02 Å². The fourth-order valence-electron chi connectivity index (χ4n) is 2.11. The number of hydrogen-bond donors (Lipinski definition) is 1. The topological polar surface area (TPSA) is 115 Å². The van der Waals surface area contributed by atoms with Crippen LogP contribution in [-0.2, 0) is 19.7 Å². The lowest BCUT2D eigenvalue weighted by atomic mass is 10.1. The molecule has 0 unspecified atom stereocenters. The molecule has 27 heavy (non-hydrogen) atoms. The Hall–Kier alpha value is -0.740. The highest BCUT2D eigenvalue weighted by Gasteiger charge is 2.22. The number of nitrogens with zero attached hydrogens (tertiary/aromatic N) is 1. The van der Waals surface area contributed by atoms with Crippen molar-refractivity contribution in [3.63, 3.8) is 0 Å². The number of sulfone groups is 2. The summed E-state index contributed by atoms with van der Waals surface area (Å²) in [4.78, 5) is 13.9. The van der Waals surface area contributed by atoms with E-state index in [2.05, 4.69) is 0 Å². The first-order chi connectivity index (χ1) is 12.5. The van der Waals surface area contributed by atoms with Crippen molar-refractivity contribution in [1.29, 1.82) is 0 Å². The normalized spacial score (nSPS) is 12.1. The molecule has 0 spiro atoms. The van der Waals surface area contributed by atoms with E-state index in [1.54, 1.807) is 0 Å². The molecule has 0 aliphatic carbocycles. The molecule has 0 saturated carbocycles. The molecule has 0 bridgehead atoms. The van der Waals surface area contributed by atoms with Crippen molar-refractivity contribution >= 4 is 66.1 Å². The number of carbonyl (C=O) groups excluding carboxylic acids is 1. The third-order valence-corrected chi connectivity index (χ3v) is 8.08. The zero-order chi connectivity index (χ0) is 20.7. The molecule has 1 rings (SSSR count). The summed E-state index contributed by atoms with van der Waals surface area (Å²) in [6, 6.07) is 4.24. The number of carbonyl (C=O) groups is 1. The molecule has 0 radical (unpaired) electrons. The average Bonchev–Trinajstić information content (AvgIpc) is 2.56. The van der Waals surface area contributed by atoms with Gasteiger partial charge in [-0.2, -0.15) is 0 Å². The van der Waals surface area contributed by atoms with E-state index in [9.17, 15) is 21.6 Å². The molecule has 1 aromatic rings. The van der Waals surface area contributed by atoms with E-state index < -0.39 is 25.6 Å². The maximum absolute atomic E-state index is 12.7. The number of halogens is 3. The molecule has 2 N–H and O–H groups in total. The smallest absolute Gasteiger partial charge is 0.253 e. The number of nitrogens with two attached hydrogens (primary N) is 1. The van der Waals surface area contributed by atoms with Crippen LogP contribution in [0.5, 0.6) is 0 Å². The van der Waals surface area contributed by atoms with Gasteiger partial charge in [0.15, 0.2) is 19.7 Å². The van der Waals surface area contributed by atoms with Gasteiger partial charge < -0.3 is 10.6 Å². The van der Waals surface area contributed by atoms with E-state index in [4.69, 9.17) is 40.5 Å². The second-order valence-electron chi connectivity index (χ2n) is 5.71. The van der Waals surface area contributed by atoms with Crippen LogP contribution in [0.1, 0.15) is 10.4 Å². The molecule has 12 heteroatoms. The molecule has 0 fully saturated rings. The minimum Gasteiger partial charge on any atom is -0.398 e. The van der Waals surface area contributed by atoms with Gasteiger partial charge >= 0.3 is 0 Å². The highest BCUT2D eigenvalue weighted by Crippen LogP contribution is 2.20. The fraction of sp³-hybridized carbons (Fsp3) is 0.533. The molecular formula is C15H21Cl3N2O5S2. The fourth-order valence-corrected chi connectivity index (χ4v) is 5.52. The zero-order valence-corrected chi connectivity index (χ0v) is 18.3. The van der Waals surface area contributed by atoms with E-state index in [1.807, 2.05) is 0 Å². The highest BCUT2D eigenvalue weighted by atomic mass is 35.5. The number of nitrogen functional groups attached to an aromatic ring is 1. The molecule has 0 aliphatic rings. The van der Waals surface area contributed by atoms with Crippen molar-refractivity contribution in [2.75, 3.05) is 53.6 Å². The van der Waals surface area contributed by atoms with Crippen molar-refractivity contribution in [2.45, 2.75) is 0 Å². The summed E-state index contributed by atoms with van der Waals surface area (Å²) in [5, 5.41) is 0.271. The van der Waals surface area contributed by atoms with Crippen LogP contribution in [0.25, 0.3) is 0 Å². The van der Waals surface area contributed by atoms with Crippen LogP contribution in [0.4, 0.5) is 5.69 Å². The van der Waals surface area contributed by atoms with Crippen LogP contribution >= 0.6 is 34.8 Å². The molecule has 0 aliphatic heterocycles. The van der Waals surface area contributed by atoms with Gasteiger partial charge in [0.25, 0.3) is 5.91 Å². The maximum atomic E-state index is 12.7. The number of anilines is 1. The third kappa shape index (κ3) is 8.43. The monoisotopic (exact) mass is 478 g/mol. The predicted molar refractivity (Wildman–Crippen MR) is 111 cm³/mol. The van der Waals surface area contributed by atoms with E-state index >= 15 is 0 Å². The van der Waals surface area contributed by atoms with Crippen LogP contribution in [0.15, 0.2) is 18.2 Å². The molecule has 0 aromatic heterocycles. The number of alkyl halides is 2. The minimum atomic E-state index is -3.46. The Bertz CT molecular complexity index is 820. The van der Waals surface area contributed by atoms with Crippen molar-refractivity contribution in [3.05, 3.63) is 28.8 Å². The van der Waals surface area contributed by atoms with Gasteiger partial charge in [0.2, 0.25) is 0 Å². The van der Waals surface area contributed by atoms with Crippen LogP contribution in [-0.4, -0.2) is 75.5 Å². The molecule has 154 valence electrons. The number of rotatable bonds is 11. The van der Waals surface area contributed by atoms with Crippen molar-refractivity contribution in [3.8, 4) is 0 Å². The summed E-state index contributed by atoms with van der Waals surface area (Å²) < 4.78 is 47.6. The van der Waals surface area contributed by atoms with Gasteiger partial charge in [-0.1, -0.05) is 11.6 Å². The Labute approximate surface area is 174 Å². The van der Waals surface area contributed by atoms with Crippen LogP contribution in [0, 0.1) is 0 Å².